The smallest absolute Gasteiger partial charge is 0.370 e. The molecule has 0 aromatic heterocycles. The normalized spacial score (nSPS) is 24.0. The topological polar surface area (TPSA) is 139 Å². The van der Waals surface area contributed by atoms with Gasteiger partial charge in [-0.05, 0) is 18.9 Å². The van der Waals surface area contributed by atoms with Crippen LogP contribution in [0.3, 0.4) is 0 Å². The molecule has 0 aromatic rings. The molecular formula is C14H25N3O6S. The molecule has 0 saturated heterocycles. The predicted octanol–water partition coefficient (Wildman–Crippen LogP) is -0.753. The number of carboxylic acid groups (broad SMARTS) is 1. The number of carbonyl (C=O) groups is 2. The highest BCUT2D eigenvalue weighted by Crippen LogP contribution is 2.20. The van der Waals surface area contributed by atoms with Crippen molar-refractivity contribution in [3.63, 3.8) is 0 Å². The van der Waals surface area contributed by atoms with Gasteiger partial charge in [-0.2, -0.15) is 0 Å². The van der Waals surface area contributed by atoms with Crippen LogP contribution in [0.5, 0.6) is 0 Å². The largest absolute Gasteiger partial charge is 0.475 e. The average Bonchev–Trinajstić information content (AvgIpc) is 2.46. The van der Waals surface area contributed by atoms with Crippen molar-refractivity contribution in [3.8, 4) is 0 Å². The van der Waals surface area contributed by atoms with Crippen molar-refractivity contribution in [2.45, 2.75) is 44.9 Å². The molecule has 3 atom stereocenters. The van der Waals surface area contributed by atoms with Gasteiger partial charge in [-0.15, -0.1) is 0 Å². The van der Waals surface area contributed by atoms with Crippen molar-refractivity contribution in [3.05, 3.63) is 11.8 Å². The highest BCUT2D eigenvalue weighted by atomic mass is 32.2. The quantitative estimate of drug-likeness (QED) is 0.515. The van der Waals surface area contributed by atoms with E-state index < -0.39 is 45.8 Å². The monoisotopic (exact) mass is 363 g/mol. The molecule has 0 aromatic carbocycles. The maximum absolute atomic E-state index is 12.8. The minimum Gasteiger partial charge on any atom is -0.475 e. The lowest BCUT2D eigenvalue weighted by Crippen LogP contribution is -2.61. The molecule has 0 radical (unpaired) electrons. The van der Waals surface area contributed by atoms with Crippen LogP contribution >= 0.6 is 0 Å². The van der Waals surface area contributed by atoms with E-state index in [2.05, 4.69) is 4.72 Å². The molecule has 0 unspecified atom stereocenters. The number of nitrogens with zero attached hydrogens (tertiary/aromatic N) is 1. The van der Waals surface area contributed by atoms with Crippen molar-refractivity contribution in [2.75, 3.05) is 19.3 Å². The van der Waals surface area contributed by atoms with E-state index in [0.717, 1.165) is 12.3 Å². The molecule has 0 aliphatic carbocycles. The van der Waals surface area contributed by atoms with Crippen LogP contribution in [0.1, 0.15) is 26.7 Å². The minimum absolute atomic E-state index is 0.458. The van der Waals surface area contributed by atoms with Gasteiger partial charge in [-0.1, -0.05) is 13.8 Å². The van der Waals surface area contributed by atoms with Gasteiger partial charge < -0.3 is 20.5 Å². The van der Waals surface area contributed by atoms with Crippen LogP contribution in [0.2, 0.25) is 0 Å². The number of carboxylic acids is 1. The fourth-order valence-corrected chi connectivity index (χ4v) is 3.27. The molecule has 0 spiro atoms. The Morgan fingerprint density at radius 1 is 1.33 bits per heavy atom. The standard InChI is InChI=1S/C14H25N3O6S/c1-4-6-17(7-5-2)13(18)12-11(16-24(3,21)22)9(15)8-10(23-12)14(19)20/h8-9,11-12,16H,4-7,15H2,1-3H3,(H,19,20)/t9-,11-,12-/m1/s1. The van der Waals surface area contributed by atoms with E-state index in [1.807, 2.05) is 13.8 Å². The maximum atomic E-state index is 12.8. The second-order valence-electron chi connectivity index (χ2n) is 5.69. The first-order valence-corrected chi connectivity index (χ1v) is 9.63. The number of rotatable bonds is 8. The molecule has 24 heavy (non-hydrogen) atoms. The second kappa shape index (κ2) is 8.45. The van der Waals surface area contributed by atoms with Crippen molar-refractivity contribution < 1.29 is 27.9 Å². The summed E-state index contributed by atoms with van der Waals surface area (Å²) in [5.41, 5.74) is 5.87. The van der Waals surface area contributed by atoms with Crippen LogP contribution in [0.4, 0.5) is 0 Å². The Balaban J connectivity index is 3.17. The SMILES string of the molecule is CCCN(CCC)C(=O)[C@@H]1OC(C(=O)O)=C[C@@H](N)[C@H]1NS(C)(=O)=O. The summed E-state index contributed by atoms with van der Waals surface area (Å²) in [6.45, 7) is 4.72. The van der Waals surface area contributed by atoms with Crippen molar-refractivity contribution in [1.82, 2.24) is 9.62 Å². The van der Waals surface area contributed by atoms with Crippen LogP contribution < -0.4 is 10.5 Å². The molecule has 0 bridgehead atoms. The van der Waals surface area contributed by atoms with Gasteiger partial charge in [0.1, 0.15) is 0 Å². The van der Waals surface area contributed by atoms with Gasteiger partial charge in [-0.3, -0.25) is 4.79 Å². The summed E-state index contributed by atoms with van der Waals surface area (Å²) in [7, 11) is -3.67. The fraction of sp³-hybridized carbons (Fsp3) is 0.714. The molecule has 10 heteroatoms. The molecule has 1 aliphatic rings. The Hall–Kier alpha value is -1.65. The molecule has 0 fully saturated rings. The molecule has 1 aliphatic heterocycles. The molecule has 1 rings (SSSR count). The predicted molar refractivity (Wildman–Crippen MR) is 87.5 cm³/mol. The van der Waals surface area contributed by atoms with Gasteiger partial charge in [0, 0.05) is 19.1 Å². The summed E-state index contributed by atoms with van der Waals surface area (Å²) in [4.78, 5) is 25.5. The van der Waals surface area contributed by atoms with Gasteiger partial charge in [0.05, 0.1) is 12.3 Å². The Labute approximate surface area is 141 Å². The number of hydrogen-bond acceptors (Lipinski definition) is 6. The van der Waals surface area contributed by atoms with Crippen molar-refractivity contribution in [1.29, 1.82) is 0 Å². The van der Waals surface area contributed by atoms with Crippen LogP contribution in [-0.2, 0) is 24.3 Å². The van der Waals surface area contributed by atoms with Gasteiger partial charge in [-0.25, -0.2) is 17.9 Å². The van der Waals surface area contributed by atoms with E-state index in [0.29, 0.717) is 25.9 Å². The lowest BCUT2D eigenvalue weighted by atomic mass is 9.98. The number of carbonyl (C=O) groups excluding carboxylic acids is 1. The molecule has 138 valence electrons. The summed E-state index contributed by atoms with van der Waals surface area (Å²) in [5.74, 6) is -2.30. The number of ether oxygens (including phenoxy) is 1. The third-order valence-electron chi connectivity index (χ3n) is 3.44. The number of nitrogens with two attached hydrogens (primary N) is 1. The third-order valence-corrected chi connectivity index (χ3v) is 4.14. The number of sulfonamides is 1. The Kier molecular flexibility index (Phi) is 7.18. The van der Waals surface area contributed by atoms with Gasteiger partial charge in [0.15, 0.2) is 6.10 Å². The Bertz CT molecular complexity index is 598. The molecule has 0 saturated carbocycles. The number of nitrogens with one attached hydrogen (secondary N) is 1. The summed E-state index contributed by atoms with van der Waals surface area (Å²) >= 11 is 0. The number of hydrogen-bond donors (Lipinski definition) is 3. The van der Waals surface area contributed by atoms with E-state index in [9.17, 15) is 18.0 Å². The second-order valence-corrected chi connectivity index (χ2v) is 7.47. The number of amides is 1. The molecular weight excluding hydrogens is 338 g/mol. The van der Waals surface area contributed by atoms with Crippen LogP contribution in [-0.4, -0.2) is 67.8 Å². The highest BCUT2D eigenvalue weighted by Gasteiger charge is 2.42. The average molecular weight is 363 g/mol. The zero-order valence-electron chi connectivity index (χ0n) is 14.1. The Morgan fingerprint density at radius 2 is 1.88 bits per heavy atom. The molecule has 9 nitrogen and oxygen atoms in total. The van der Waals surface area contributed by atoms with Crippen molar-refractivity contribution in [2.24, 2.45) is 5.73 Å². The summed E-state index contributed by atoms with van der Waals surface area (Å²) in [6, 6.07) is -2.08. The maximum Gasteiger partial charge on any atom is 0.370 e. The summed E-state index contributed by atoms with van der Waals surface area (Å²) in [5, 5.41) is 9.11. The first-order chi connectivity index (χ1) is 11.1. The zero-order chi connectivity index (χ0) is 18.5. The van der Waals surface area contributed by atoms with Crippen LogP contribution in [0, 0.1) is 0 Å². The summed E-state index contributed by atoms with van der Waals surface area (Å²) < 4.78 is 30.7. The van der Waals surface area contributed by atoms with Gasteiger partial charge in [0.2, 0.25) is 15.8 Å². The first-order valence-electron chi connectivity index (χ1n) is 7.74. The number of aliphatic carboxylic acids is 1. The first kappa shape index (κ1) is 20.4. The summed E-state index contributed by atoms with van der Waals surface area (Å²) in [6.07, 6.45) is 2.11. The lowest BCUT2D eigenvalue weighted by molar-refractivity contribution is -0.148. The van der Waals surface area contributed by atoms with Gasteiger partial charge in [0.25, 0.3) is 5.91 Å². The van der Waals surface area contributed by atoms with E-state index in [4.69, 9.17) is 15.6 Å². The molecule has 1 amide bonds. The third kappa shape index (κ3) is 5.46. The minimum atomic E-state index is -3.67. The van der Waals surface area contributed by atoms with Crippen LogP contribution in [0.25, 0.3) is 0 Å². The highest BCUT2D eigenvalue weighted by molar-refractivity contribution is 7.88. The van der Waals surface area contributed by atoms with Crippen molar-refractivity contribution >= 4 is 21.9 Å². The molecule has 1 heterocycles. The van der Waals surface area contributed by atoms with Crippen LogP contribution in [0.15, 0.2) is 11.8 Å². The molecule has 4 N–H and O–H groups in total. The van der Waals surface area contributed by atoms with Gasteiger partial charge >= 0.3 is 5.97 Å². The van der Waals surface area contributed by atoms with E-state index in [1.165, 1.54) is 4.90 Å². The fourth-order valence-electron chi connectivity index (χ4n) is 2.49. The lowest BCUT2D eigenvalue weighted by Gasteiger charge is -2.36. The Morgan fingerprint density at radius 3 is 2.29 bits per heavy atom. The van der Waals surface area contributed by atoms with E-state index in [1.54, 1.807) is 0 Å². The zero-order valence-corrected chi connectivity index (χ0v) is 14.9. The van der Waals surface area contributed by atoms with E-state index in [-0.39, 0.29) is 0 Å². The van der Waals surface area contributed by atoms with E-state index >= 15 is 0 Å².